The van der Waals surface area contributed by atoms with Gasteiger partial charge in [-0.1, -0.05) is 0 Å². The highest BCUT2D eigenvalue weighted by molar-refractivity contribution is 5.85. The standard InChI is InChI=1S/C9H8F5NO2.ClH/c10-8(11)7(15)5-3-4(1-2-6(5)16)17-9(12,13)14;/h1-3,7-8,16H,15H2;1H/t7-;/m0./s1. The molecular formula is C9H9ClF5NO2. The van der Waals surface area contributed by atoms with Crippen LogP contribution in [0.3, 0.4) is 0 Å². The summed E-state index contributed by atoms with van der Waals surface area (Å²) in [4.78, 5) is 0. The fraction of sp³-hybridized carbons (Fsp3) is 0.333. The van der Waals surface area contributed by atoms with Gasteiger partial charge in [-0.05, 0) is 18.2 Å². The van der Waals surface area contributed by atoms with Crippen molar-refractivity contribution in [1.82, 2.24) is 0 Å². The van der Waals surface area contributed by atoms with Gasteiger partial charge >= 0.3 is 6.36 Å². The molecule has 18 heavy (non-hydrogen) atoms. The number of nitrogens with two attached hydrogens (primary N) is 1. The first kappa shape index (κ1) is 16.7. The Morgan fingerprint density at radius 2 is 1.78 bits per heavy atom. The summed E-state index contributed by atoms with van der Waals surface area (Å²) in [6, 6.07) is 0.342. The van der Waals surface area contributed by atoms with E-state index in [0.717, 1.165) is 12.1 Å². The highest BCUT2D eigenvalue weighted by Gasteiger charge is 2.32. The molecule has 0 saturated carbocycles. The van der Waals surface area contributed by atoms with Gasteiger partial charge in [0.05, 0.1) is 6.04 Å². The van der Waals surface area contributed by atoms with Crippen LogP contribution in [0.2, 0.25) is 0 Å². The maximum Gasteiger partial charge on any atom is 0.573 e. The first-order valence-electron chi connectivity index (χ1n) is 4.33. The van der Waals surface area contributed by atoms with E-state index in [4.69, 9.17) is 5.73 Å². The second-order valence-electron chi connectivity index (χ2n) is 3.13. The first-order valence-corrected chi connectivity index (χ1v) is 4.33. The number of aromatic hydroxyl groups is 1. The van der Waals surface area contributed by atoms with E-state index >= 15 is 0 Å². The number of ether oxygens (including phenoxy) is 1. The lowest BCUT2D eigenvalue weighted by Gasteiger charge is -2.15. The summed E-state index contributed by atoms with van der Waals surface area (Å²) in [5.74, 6) is -1.34. The zero-order valence-electron chi connectivity index (χ0n) is 8.62. The smallest absolute Gasteiger partial charge is 0.508 e. The summed E-state index contributed by atoms with van der Waals surface area (Å²) >= 11 is 0. The van der Waals surface area contributed by atoms with Gasteiger partial charge in [-0.3, -0.25) is 0 Å². The molecule has 0 radical (unpaired) electrons. The van der Waals surface area contributed by atoms with Crippen LogP contribution in [0.5, 0.6) is 11.5 Å². The average Bonchev–Trinajstić information content (AvgIpc) is 2.17. The Morgan fingerprint density at radius 1 is 1.22 bits per heavy atom. The summed E-state index contributed by atoms with van der Waals surface area (Å²) < 4.78 is 63.7. The third kappa shape index (κ3) is 4.53. The Hall–Kier alpha value is -1.28. The maximum absolute atomic E-state index is 12.3. The number of halogens is 6. The molecule has 9 heteroatoms. The molecule has 3 nitrogen and oxygen atoms in total. The fourth-order valence-corrected chi connectivity index (χ4v) is 1.13. The Kier molecular flexibility index (Phi) is 5.62. The number of hydrogen-bond donors (Lipinski definition) is 2. The molecule has 1 aromatic carbocycles. The molecule has 0 fully saturated rings. The van der Waals surface area contributed by atoms with E-state index in [-0.39, 0.29) is 12.4 Å². The number of phenolic OH excluding ortho intramolecular Hbond substituents is 1. The molecule has 1 atom stereocenters. The average molecular weight is 294 g/mol. The zero-order valence-corrected chi connectivity index (χ0v) is 9.43. The highest BCUT2D eigenvalue weighted by atomic mass is 35.5. The van der Waals surface area contributed by atoms with E-state index in [1.807, 2.05) is 0 Å². The summed E-state index contributed by atoms with van der Waals surface area (Å²) in [6.45, 7) is 0. The lowest BCUT2D eigenvalue weighted by Crippen LogP contribution is -2.20. The van der Waals surface area contributed by atoms with Crippen molar-refractivity contribution in [2.75, 3.05) is 0 Å². The Morgan fingerprint density at radius 3 is 2.22 bits per heavy atom. The van der Waals surface area contributed by atoms with Crippen LogP contribution in [0.15, 0.2) is 18.2 Å². The van der Waals surface area contributed by atoms with E-state index in [1.54, 1.807) is 0 Å². The van der Waals surface area contributed by atoms with Gasteiger partial charge in [0.2, 0.25) is 0 Å². The number of hydrogen-bond acceptors (Lipinski definition) is 3. The second-order valence-corrected chi connectivity index (χ2v) is 3.13. The monoisotopic (exact) mass is 293 g/mol. The van der Waals surface area contributed by atoms with Crippen molar-refractivity contribution in [2.24, 2.45) is 5.73 Å². The first-order chi connectivity index (χ1) is 7.70. The molecule has 0 amide bonds. The highest BCUT2D eigenvalue weighted by Crippen LogP contribution is 2.32. The molecular weight excluding hydrogens is 285 g/mol. The van der Waals surface area contributed by atoms with Crippen molar-refractivity contribution in [3.8, 4) is 11.5 Å². The topological polar surface area (TPSA) is 55.5 Å². The minimum Gasteiger partial charge on any atom is -0.508 e. The third-order valence-electron chi connectivity index (χ3n) is 1.86. The third-order valence-corrected chi connectivity index (χ3v) is 1.86. The fourth-order valence-electron chi connectivity index (χ4n) is 1.13. The largest absolute Gasteiger partial charge is 0.573 e. The molecule has 0 spiro atoms. The van der Waals surface area contributed by atoms with Crippen LogP contribution >= 0.6 is 12.4 Å². The molecule has 0 unspecified atom stereocenters. The SMILES string of the molecule is Cl.N[C@@H](c1cc(OC(F)(F)F)ccc1O)C(F)F. The van der Waals surface area contributed by atoms with Gasteiger partial charge in [-0.15, -0.1) is 25.6 Å². The van der Waals surface area contributed by atoms with Gasteiger partial charge in [0.1, 0.15) is 11.5 Å². The molecule has 104 valence electrons. The lowest BCUT2D eigenvalue weighted by molar-refractivity contribution is -0.274. The molecule has 1 rings (SSSR count). The summed E-state index contributed by atoms with van der Waals surface area (Å²) in [7, 11) is 0. The van der Waals surface area contributed by atoms with Gasteiger partial charge in [-0.25, -0.2) is 8.78 Å². The lowest BCUT2D eigenvalue weighted by atomic mass is 10.1. The Balaban J connectivity index is 0.00000289. The van der Waals surface area contributed by atoms with Crippen molar-refractivity contribution in [2.45, 2.75) is 18.8 Å². The number of rotatable bonds is 3. The number of alkyl halides is 5. The number of phenols is 1. The van der Waals surface area contributed by atoms with Gasteiger partial charge < -0.3 is 15.6 Å². The molecule has 0 aromatic heterocycles. The van der Waals surface area contributed by atoms with Gasteiger partial charge in [-0.2, -0.15) is 0 Å². The molecule has 0 aliphatic carbocycles. The quantitative estimate of drug-likeness (QED) is 0.842. The molecule has 0 aliphatic rings. The summed E-state index contributed by atoms with van der Waals surface area (Å²) in [5, 5.41) is 9.20. The Bertz CT molecular complexity index is 399. The second kappa shape index (κ2) is 6.05. The van der Waals surface area contributed by atoms with Crippen molar-refractivity contribution in [3.05, 3.63) is 23.8 Å². The minimum atomic E-state index is -4.94. The van der Waals surface area contributed by atoms with Gasteiger partial charge in [0.25, 0.3) is 6.43 Å². The van der Waals surface area contributed by atoms with Gasteiger partial charge in [0, 0.05) is 5.56 Å². The van der Waals surface area contributed by atoms with E-state index in [2.05, 4.69) is 4.74 Å². The normalized spacial score (nSPS) is 13.1. The van der Waals surface area contributed by atoms with Crippen molar-refractivity contribution in [3.63, 3.8) is 0 Å². The molecule has 0 aliphatic heterocycles. The minimum absolute atomic E-state index is 0. The zero-order chi connectivity index (χ0) is 13.2. The molecule has 0 bridgehead atoms. The van der Waals surface area contributed by atoms with Crippen LogP contribution in [0.1, 0.15) is 11.6 Å². The van der Waals surface area contributed by atoms with E-state index in [0.29, 0.717) is 6.07 Å². The van der Waals surface area contributed by atoms with Crippen LogP contribution in [-0.2, 0) is 0 Å². The van der Waals surface area contributed by atoms with Crippen LogP contribution < -0.4 is 10.5 Å². The summed E-state index contributed by atoms with van der Waals surface area (Å²) in [6.07, 6.45) is -7.95. The van der Waals surface area contributed by atoms with Crippen molar-refractivity contribution >= 4 is 12.4 Å². The predicted molar refractivity (Wildman–Crippen MR) is 55.0 cm³/mol. The molecule has 0 heterocycles. The van der Waals surface area contributed by atoms with Crippen LogP contribution in [0.4, 0.5) is 22.0 Å². The van der Waals surface area contributed by atoms with Crippen LogP contribution in [0.25, 0.3) is 0 Å². The summed E-state index contributed by atoms with van der Waals surface area (Å²) in [5.41, 5.74) is 4.51. The van der Waals surface area contributed by atoms with E-state index in [9.17, 15) is 27.1 Å². The van der Waals surface area contributed by atoms with Gasteiger partial charge in [0.15, 0.2) is 0 Å². The van der Waals surface area contributed by atoms with Crippen LogP contribution in [-0.4, -0.2) is 17.9 Å². The maximum atomic E-state index is 12.3. The van der Waals surface area contributed by atoms with Crippen LogP contribution in [0, 0.1) is 0 Å². The Labute approximate surface area is 105 Å². The number of benzene rings is 1. The van der Waals surface area contributed by atoms with Crippen molar-refractivity contribution < 1.29 is 31.8 Å². The van der Waals surface area contributed by atoms with E-state index in [1.165, 1.54) is 0 Å². The van der Waals surface area contributed by atoms with Crippen molar-refractivity contribution in [1.29, 1.82) is 0 Å². The molecule has 3 N–H and O–H groups in total. The molecule has 0 saturated heterocycles. The molecule has 1 aromatic rings. The van der Waals surface area contributed by atoms with E-state index < -0.39 is 35.9 Å². The predicted octanol–water partition coefficient (Wildman–Crippen LogP) is 2.98.